The minimum Gasteiger partial charge on any atom is -0.508 e. The van der Waals surface area contributed by atoms with Crippen molar-refractivity contribution < 1.29 is 14.6 Å². The summed E-state index contributed by atoms with van der Waals surface area (Å²) in [5.41, 5.74) is 0.807. The maximum Gasteiger partial charge on any atom is 0.306 e. The molecule has 2 rings (SSSR count). The van der Waals surface area contributed by atoms with Crippen molar-refractivity contribution in [1.82, 2.24) is 0 Å². The fourth-order valence-electron chi connectivity index (χ4n) is 2.05. The molecule has 0 aliphatic rings. The lowest BCUT2D eigenvalue weighted by atomic mass is 10.00. The van der Waals surface area contributed by atoms with Gasteiger partial charge in [0, 0.05) is 12.0 Å². The van der Waals surface area contributed by atoms with Crippen LogP contribution in [-0.2, 0) is 16.0 Å². The topological polar surface area (TPSA) is 46.5 Å². The average Bonchev–Trinajstić information content (AvgIpc) is 2.38. The highest BCUT2D eigenvalue weighted by Crippen LogP contribution is 2.28. The zero-order valence-electron chi connectivity index (χ0n) is 10.3. The van der Waals surface area contributed by atoms with Gasteiger partial charge in [-0.05, 0) is 30.2 Å². The summed E-state index contributed by atoms with van der Waals surface area (Å²) in [6.45, 7) is 2.17. The summed E-state index contributed by atoms with van der Waals surface area (Å²) in [4.78, 5) is 11.4. The highest BCUT2D eigenvalue weighted by atomic mass is 16.5. The number of aryl methyl sites for hydroxylation is 1. The Bertz CT molecular complexity index is 561. The van der Waals surface area contributed by atoms with Crippen LogP contribution < -0.4 is 0 Å². The molecule has 0 spiro atoms. The van der Waals surface area contributed by atoms with Crippen LogP contribution in [0.4, 0.5) is 0 Å². The van der Waals surface area contributed by atoms with Crippen molar-refractivity contribution in [2.45, 2.75) is 19.8 Å². The average molecular weight is 244 g/mol. The summed E-state index contributed by atoms with van der Waals surface area (Å²) >= 11 is 0. The molecule has 1 N–H and O–H groups in total. The van der Waals surface area contributed by atoms with Gasteiger partial charge in [-0.25, -0.2) is 0 Å². The maximum atomic E-state index is 11.4. The third kappa shape index (κ3) is 2.62. The summed E-state index contributed by atoms with van der Waals surface area (Å²) in [6.07, 6.45) is 0.779. The summed E-state index contributed by atoms with van der Waals surface area (Å²) in [6, 6.07) is 11.4. The fourth-order valence-corrected chi connectivity index (χ4v) is 2.05. The van der Waals surface area contributed by atoms with E-state index in [1.165, 1.54) is 0 Å². The molecule has 2 aromatic rings. The first-order valence-corrected chi connectivity index (χ1v) is 6.07. The van der Waals surface area contributed by atoms with E-state index in [2.05, 4.69) is 0 Å². The number of ether oxygens (including phenoxy) is 1. The number of aromatic hydroxyl groups is 1. The van der Waals surface area contributed by atoms with Gasteiger partial charge in [0.1, 0.15) is 5.75 Å². The van der Waals surface area contributed by atoms with E-state index in [0.717, 1.165) is 16.3 Å². The number of hydrogen-bond acceptors (Lipinski definition) is 3. The molecule has 0 aliphatic carbocycles. The summed E-state index contributed by atoms with van der Waals surface area (Å²) in [5, 5.41) is 12.0. The van der Waals surface area contributed by atoms with Crippen LogP contribution in [0.5, 0.6) is 5.75 Å². The number of rotatable bonds is 4. The van der Waals surface area contributed by atoms with Gasteiger partial charge in [-0.1, -0.05) is 30.3 Å². The van der Waals surface area contributed by atoms with Crippen molar-refractivity contribution in [2.24, 2.45) is 0 Å². The predicted octanol–water partition coefficient (Wildman–Crippen LogP) is 3.04. The quantitative estimate of drug-likeness (QED) is 0.841. The molecule has 3 heteroatoms. The van der Waals surface area contributed by atoms with Crippen molar-refractivity contribution in [2.75, 3.05) is 6.61 Å². The highest BCUT2D eigenvalue weighted by molar-refractivity contribution is 5.88. The molecular formula is C15H16O3. The second kappa shape index (κ2) is 5.54. The normalized spacial score (nSPS) is 10.5. The van der Waals surface area contributed by atoms with E-state index in [-0.39, 0.29) is 18.1 Å². The Hall–Kier alpha value is -2.03. The molecule has 0 saturated heterocycles. The molecule has 3 nitrogen and oxygen atoms in total. The van der Waals surface area contributed by atoms with Crippen LogP contribution in [-0.4, -0.2) is 17.7 Å². The van der Waals surface area contributed by atoms with E-state index in [0.29, 0.717) is 13.0 Å². The molecule has 0 saturated carbocycles. The van der Waals surface area contributed by atoms with E-state index in [1.54, 1.807) is 13.0 Å². The summed E-state index contributed by atoms with van der Waals surface area (Å²) in [5.74, 6) is 0.00262. The molecule has 0 bridgehead atoms. The Kier molecular flexibility index (Phi) is 3.82. The van der Waals surface area contributed by atoms with E-state index < -0.39 is 0 Å². The standard InChI is InChI=1S/C15H16O3/c1-2-18-15(17)10-8-13-12-6-4-3-5-11(12)7-9-14(13)16/h3-7,9,16H,2,8,10H2,1H3. The molecule has 94 valence electrons. The minimum atomic E-state index is -0.232. The van der Waals surface area contributed by atoms with Crippen molar-refractivity contribution >= 4 is 16.7 Å². The van der Waals surface area contributed by atoms with Gasteiger partial charge in [-0.2, -0.15) is 0 Å². The smallest absolute Gasteiger partial charge is 0.306 e. The molecule has 0 amide bonds. The Morgan fingerprint density at radius 1 is 1.22 bits per heavy atom. The molecule has 2 aromatic carbocycles. The molecule has 0 fully saturated rings. The molecule has 0 radical (unpaired) electrons. The first-order valence-electron chi connectivity index (χ1n) is 6.07. The van der Waals surface area contributed by atoms with Gasteiger partial charge in [0.15, 0.2) is 0 Å². The lowest BCUT2D eigenvalue weighted by Crippen LogP contribution is -2.05. The first kappa shape index (κ1) is 12.4. The van der Waals surface area contributed by atoms with Gasteiger partial charge in [-0.15, -0.1) is 0 Å². The number of carbonyl (C=O) groups is 1. The third-order valence-corrected chi connectivity index (χ3v) is 2.90. The number of benzene rings is 2. The van der Waals surface area contributed by atoms with E-state index in [1.807, 2.05) is 30.3 Å². The van der Waals surface area contributed by atoms with E-state index in [9.17, 15) is 9.90 Å². The van der Waals surface area contributed by atoms with Gasteiger partial charge < -0.3 is 9.84 Å². The van der Waals surface area contributed by atoms with E-state index >= 15 is 0 Å². The van der Waals surface area contributed by atoms with E-state index in [4.69, 9.17) is 4.74 Å². The van der Waals surface area contributed by atoms with Crippen LogP contribution in [0.1, 0.15) is 18.9 Å². The highest BCUT2D eigenvalue weighted by Gasteiger charge is 2.09. The van der Waals surface area contributed by atoms with Gasteiger partial charge in [0.25, 0.3) is 0 Å². The molecule has 0 heterocycles. The van der Waals surface area contributed by atoms with Crippen LogP contribution in [0.3, 0.4) is 0 Å². The molecule has 0 aromatic heterocycles. The Morgan fingerprint density at radius 2 is 2.00 bits per heavy atom. The lowest BCUT2D eigenvalue weighted by molar-refractivity contribution is -0.143. The van der Waals surface area contributed by atoms with Crippen molar-refractivity contribution in [3.63, 3.8) is 0 Å². The number of carbonyl (C=O) groups excluding carboxylic acids is 1. The van der Waals surface area contributed by atoms with Crippen LogP contribution in [0.2, 0.25) is 0 Å². The third-order valence-electron chi connectivity index (χ3n) is 2.90. The van der Waals surface area contributed by atoms with Gasteiger partial charge >= 0.3 is 5.97 Å². The summed E-state index contributed by atoms with van der Waals surface area (Å²) < 4.78 is 4.89. The molecule has 0 unspecified atom stereocenters. The predicted molar refractivity (Wildman–Crippen MR) is 70.6 cm³/mol. The van der Waals surface area contributed by atoms with Crippen LogP contribution >= 0.6 is 0 Å². The molecule has 0 atom stereocenters. The van der Waals surface area contributed by atoms with Crippen molar-refractivity contribution in [3.05, 3.63) is 42.0 Å². The molecule has 0 aliphatic heterocycles. The SMILES string of the molecule is CCOC(=O)CCc1c(O)ccc2ccccc12. The Labute approximate surface area is 106 Å². The molecule has 18 heavy (non-hydrogen) atoms. The van der Waals surface area contributed by atoms with Crippen LogP contribution in [0, 0.1) is 0 Å². The second-order valence-electron chi connectivity index (χ2n) is 4.09. The lowest BCUT2D eigenvalue weighted by Gasteiger charge is -2.08. The first-order chi connectivity index (χ1) is 8.72. The summed E-state index contributed by atoms with van der Waals surface area (Å²) in [7, 11) is 0. The number of phenolic OH excluding ortho intramolecular Hbond substituents is 1. The minimum absolute atomic E-state index is 0.232. The number of fused-ring (bicyclic) bond motifs is 1. The zero-order chi connectivity index (χ0) is 13.0. The Balaban J connectivity index is 2.26. The van der Waals surface area contributed by atoms with Crippen molar-refractivity contribution in [1.29, 1.82) is 0 Å². The van der Waals surface area contributed by atoms with Gasteiger partial charge in [0.2, 0.25) is 0 Å². The van der Waals surface area contributed by atoms with Gasteiger partial charge in [0.05, 0.1) is 6.61 Å². The number of phenols is 1. The van der Waals surface area contributed by atoms with Gasteiger partial charge in [-0.3, -0.25) is 4.79 Å². The zero-order valence-corrected chi connectivity index (χ0v) is 10.3. The number of esters is 1. The fraction of sp³-hybridized carbons (Fsp3) is 0.267. The monoisotopic (exact) mass is 244 g/mol. The number of hydrogen-bond donors (Lipinski definition) is 1. The second-order valence-corrected chi connectivity index (χ2v) is 4.09. The van der Waals surface area contributed by atoms with Crippen LogP contribution in [0.25, 0.3) is 10.8 Å². The maximum absolute atomic E-state index is 11.4. The molecular weight excluding hydrogens is 228 g/mol. The van der Waals surface area contributed by atoms with Crippen LogP contribution in [0.15, 0.2) is 36.4 Å². The van der Waals surface area contributed by atoms with Crippen molar-refractivity contribution in [3.8, 4) is 5.75 Å². The Morgan fingerprint density at radius 3 is 2.78 bits per heavy atom. The largest absolute Gasteiger partial charge is 0.508 e.